The second kappa shape index (κ2) is 8.18. The highest BCUT2D eigenvalue weighted by Crippen LogP contribution is 2.34. The molecule has 1 aliphatic carbocycles. The summed E-state index contributed by atoms with van der Waals surface area (Å²) in [6, 6.07) is 9.17. The fraction of sp³-hybridized carbons (Fsp3) is 0.611. The van der Waals surface area contributed by atoms with E-state index < -0.39 is 0 Å². The van der Waals surface area contributed by atoms with Crippen LogP contribution in [0, 0.1) is 12.8 Å². The fourth-order valence-electron chi connectivity index (χ4n) is 2.66. The van der Waals surface area contributed by atoms with E-state index in [4.69, 9.17) is 4.99 Å². The third-order valence-corrected chi connectivity index (χ3v) is 4.19. The lowest BCUT2D eigenvalue weighted by molar-refractivity contribution is 0.264. The molecule has 0 saturated heterocycles. The lowest BCUT2D eigenvalue weighted by Crippen LogP contribution is -2.46. The summed E-state index contributed by atoms with van der Waals surface area (Å²) in [6.45, 7) is 6.77. The summed E-state index contributed by atoms with van der Waals surface area (Å²) in [4.78, 5) is 7.03. The van der Waals surface area contributed by atoms with Gasteiger partial charge in [0.1, 0.15) is 0 Å². The number of nitrogens with one attached hydrogen (secondary N) is 2. The van der Waals surface area contributed by atoms with Gasteiger partial charge in [0.25, 0.3) is 0 Å². The summed E-state index contributed by atoms with van der Waals surface area (Å²) >= 11 is 0. The van der Waals surface area contributed by atoms with Crippen molar-refractivity contribution in [1.29, 1.82) is 0 Å². The third kappa shape index (κ3) is 5.34. The minimum atomic E-state index is 0.600. The number of hydrogen-bond acceptors (Lipinski definition) is 2. The molecule has 0 bridgehead atoms. The first-order chi connectivity index (χ1) is 10.6. The van der Waals surface area contributed by atoms with Gasteiger partial charge in [-0.15, -0.1) is 0 Å². The van der Waals surface area contributed by atoms with Crippen LogP contribution >= 0.6 is 0 Å². The van der Waals surface area contributed by atoms with Crippen LogP contribution in [0.3, 0.4) is 0 Å². The van der Waals surface area contributed by atoms with Crippen molar-refractivity contribution in [3.05, 3.63) is 35.4 Å². The highest BCUT2D eigenvalue weighted by molar-refractivity contribution is 5.79. The van der Waals surface area contributed by atoms with Crippen molar-refractivity contribution >= 4 is 5.96 Å². The first-order valence-electron chi connectivity index (χ1n) is 8.34. The zero-order valence-electron chi connectivity index (χ0n) is 14.4. The number of likely N-dealkylation sites (N-methyl/N-ethyl adjacent to an activating group) is 1. The molecule has 0 aliphatic heterocycles. The predicted molar refractivity (Wildman–Crippen MR) is 94.2 cm³/mol. The van der Waals surface area contributed by atoms with Crippen LogP contribution in [0.1, 0.15) is 30.9 Å². The Labute approximate surface area is 135 Å². The second-order valence-electron chi connectivity index (χ2n) is 6.43. The van der Waals surface area contributed by atoms with Crippen LogP contribution in [-0.4, -0.2) is 44.1 Å². The first kappa shape index (κ1) is 16.8. The van der Waals surface area contributed by atoms with Crippen LogP contribution in [0.2, 0.25) is 0 Å². The van der Waals surface area contributed by atoms with Crippen molar-refractivity contribution in [2.45, 2.75) is 39.3 Å². The molecule has 1 fully saturated rings. The molecule has 22 heavy (non-hydrogen) atoms. The molecule has 4 nitrogen and oxygen atoms in total. The molecule has 0 spiro atoms. The molecule has 0 aromatic heterocycles. The Bertz CT molecular complexity index is 472. The van der Waals surface area contributed by atoms with E-state index in [9.17, 15) is 0 Å². The number of benzene rings is 1. The number of rotatable bonds is 7. The molecule has 0 amide bonds. The van der Waals surface area contributed by atoms with Gasteiger partial charge in [0.05, 0.1) is 6.54 Å². The molecule has 122 valence electrons. The van der Waals surface area contributed by atoms with E-state index in [1.807, 2.05) is 0 Å². The van der Waals surface area contributed by atoms with Crippen LogP contribution in [0.5, 0.6) is 0 Å². The van der Waals surface area contributed by atoms with Gasteiger partial charge in [0.15, 0.2) is 5.96 Å². The Morgan fingerprint density at radius 1 is 1.23 bits per heavy atom. The Kier molecular flexibility index (Phi) is 6.25. The van der Waals surface area contributed by atoms with Gasteiger partial charge in [0.2, 0.25) is 0 Å². The molecule has 0 radical (unpaired) electrons. The number of aryl methyl sites for hydroxylation is 1. The van der Waals surface area contributed by atoms with Crippen LogP contribution < -0.4 is 10.6 Å². The zero-order chi connectivity index (χ0) is 15.9. The van der Waals surface area contributed by atoms with Crippen molar-refractivity contribution in [2.24, 2.45) is 10.9 Å². The van der Waals surface area contributed by atoms with Gasteiger partial charge in [-0.25, -0.2) is 4.99 Å². The van der Waals surface area contributed by atoms with Crippen LogP contribution in [0.15, 0.2) is 29.3 Å². The van der Waals surface area contributed by atoms with Gasteiger partial charge in [-0.3, -0.25) is 0 Å². The van der Waals surface area contributed by atoms with E-state index in [0.29, 0.717) is 12.6 Å². The summed E-state index contributed by atoms with van der Waals surface area (Å²) in [6.07, 6.45) is 2.73. The summed E-state index contributed by atoms with van der Waals surface area (Å²) in [5, 5.41) is 6.84. The average molecular weight is 302 g/mol. The summed E-state index contributed by atoms with van der Waals surface area (Å²) < 4.78 is 0. The molecule has 4 heteroatoms. The molecule has 1 unspecified atom stereocenters. The summed E-state index contributed by atoms with van der Waals surface area (Å²) in [5.74, 6) is 1.76. The van der Waals surface area contributed by atoms with Gasteiger partial charge in [-0.2, -0.15) is 0 Å². The molecule has 2 N–H and O–H groups in total. The summed E-state index contributed by atoms with van der Waals surface area (Å²) in [7, 11) is 4.34. The van der Waals surface area contributed by atoms with Crippen molar-refractivity contribution < 1.29 is 0 Å². The molecule has 2 rings (SSSR count). The lowest BCUT2D eigenvalue weighted by atomic mass is 10.1. The lowest BCUT2D eigenvalue weighted by Gasteiger charge is -2.25. The molecule has 1 atom stereocenters. The Balaban J connectivity index is 1.90. The van der Waals surface area contributed by atoms with E-state index >= 15 is 0 Å². The monoisotopic (exact) mass is 302 g/mol. The number of hydrogen-bond donors (Lipinski definition) is 2. The fourth-order valence-corrected chi connectivity index (χ4v) is 2.66. The van der Waals surface area contributed by atoms with Crippen LogP contribution in [0.4, 0.5) is 0 Å². The van der Waals surface area contributed by atoms with Crippen LogP contribution in [0.25, 0.3) is 0 Å². The van der Waals surface area contributed by atoms with E-state index in [1.165, 1.54) is 24.0 Å². The highest BCUT2D eigenvalue weighted by atomic mass is 15.2. The largest absolute Gasteiger partial charge is 0.357 e. The minimum absolute atomic E-state index is 0.600. The number of guanidine groups is 1. The maximum Gasteiger partial charge on any atom is 0.191 e. The van der Waals surface area contributed by atoms with E-state index in [1.54, 1.807) is 0 Å². The molecule has 0 heterocycles. The van der Waals surface area contributed by atoms with Gasteiger partial charge < -0.3 is 15.5 Å². The Morgan fingerprint density at radius 3 is 2.45 bits per heavy atom. The Morgan fingerprint density at radius 2 is 1.91 bits per heavy atom. The quantitative estimate of drug-likeness (QED) is 0.600. The highest BCUT2D eigenvalue weighted by Gasteiger charge is 2.32. The first-order valence-corrected chi connectivity index (χ1v) is 8.34. The third-order valence-electron chi connectivity index (χ3n) is 4.19. The van der Waals surface area contributed by atoms with E-state index in [-0.39, 0.29) is 0 Å². The Hall–Kier alpha value is -1.55. The van der Waals surface area contributed by atoms with Gasteiger partial charge in [0, 0.05) is 19.1 Å². The number of nitrogens with zero attached hydrogens (tertiary/aromatic N) is 2. The van der Waals surface area contributed by atoms with Crippen molar-refractivity contribution in [3.8, 4) is 0 Å². The molecule has 1 aliphatic rings. The van der Waals surface area contributed by atoms with E-state index in [2.05, 4.69) is 67.7 Å². The van der Waals surface area contributed by atoms with Crippen molar-refractivity contribution in [3.63, 3.8) is 0 Å². The van der Waals surface area contributed by atoms with Gasteiger partial charge in [-0.05, 0) is 52.3 Å². The second-order valence-corrected chi connectivity index (χ2v) is 6.43. The zero-order valence-corrected chi connectivity index (χ0v) is 14.4. The molecule has 1 aromatic rings. The smallest absolute Gasteiger partial charge is 0.191 e. The van der Waals surface area contributed by atoms with Crippen molar-refractivity contribution in [1.82, 2.24) is 15.5 Å². The van der Waals surface area contributed by atoms with Gasteiger partial charge in [-0.1, -0.05) is 29.8 Å². The average Bonchev–Trinajstić information content (AvgIpc) is 3.31. The van der Waals surface area contributed by atoms with Gasteiger partial charge >= 0.3 is 0 Å². The number of aliphatic imine (C=N–C) groups is 1. The molecule has 1 aromatic carbocycles. The predicted octanol–water partition coefficient (Wildman–Crippen LogP) is 2.39. The van der Waals surface area contributed by atoms with E-state index in [0.717, 1.165) is 25.0 Å². The van der Waals surface area contributed by atoms with Crippen LogP contribution in [-0.2, 0) is 6.54 Å². The SMILES string of the molecule is CCNC(=NCc1ccc(C)cc1)NCC(C1CC1)N(C)C. The molecular formula is C18H30N4. The van der Waals surface area contributed by atoms with Crippen molar-refractivity contribution in [2.75, 3.05) is 27.2 Å². The summed E-state index contributed by atoms with van der Waals surface area (Å²) in [5.41, 5.74) is 2.53. The molecule has 1 saturated carbocycles. The standard InChI is InChI=1S/C18H30N4/c1-5-19-18(20-12-15-8-6-14(2)7-9-15)21-13-17(22(3)4)16-10-11-16/h6-9,16-17H,5,10-13H2,1-4H3,(H2,19,20,21). The minimum Gasteiger partial charge on any atom is -0.357 e. The maximum atomic E-state index is 4.70. The normalized spacial score (nSPS) is 16.7. The molecular weight excluding hydrogens is 272 g/mol. The topological polar surface area (TPSA) is 39.7 Å². The maximum absolute atomic E-state index is 4.70.